The minimum absolute atomic E-state index is 0.0290. The van der Waals surface area contributed by atoms with Crippen molar-refractivity contribution in [1.29, 1.82) is 0 Å². The van der Waals surface area contributed by atoms with Crippen molar-refractivity contribution in [2.24, 2.45) is 50.7 Å². The van der Waals surface area contributed by atoms with Crippen molar-refractivity contribution in [2.45, 2.75) is 143 Å². The van der Waals surface area contributed by atoms with Crippen LogP contribution in [0.25, 0.3) is 0 Å². The molecule has 14 unspecified atom stereocenters. The molecule has 240 valence electrons. The normalized spacial score (nSPS) is 55.5. The Labute approximate surface area is 253 Å². The predicted octanol–water partition coefficient (Wildman–Crippen LogP) is 4.58. The fourth-order valence-corrected chi connectivity index (χ4v) is 11.8. The monoisotopic (exact) mass is 590 g/mol. The molecular formula is C35H58O7. The number of fused-ring (bicyclic) bond motifs is 7. The first-order chi connectivity index (χ1) is 19.6. The van der Waals surface area contributed by atoms with Gasteiger partial charge in [-0.3, -0.25) is 0 Å². The summed E-state index contributed by atoms with van der Waals surface area (Å²) in [7, 11) is 0. The molecule has 5 N–H and O–H groups in total. The fourth-order valence-electron chi connectivity index (χ4n) is 11.8. The molecule has 5 aliphatic carbocycles. The topological polar surface area (TPSA) is 120 Å². The lowest BCUT2D eigenvalue weighted by Crippen LogP contribution is -2.65. The van der Waals surface area contributed by atoms with Crippen molar-refractivity contribution in [3.8, 4) is 0 Å². The van der Waals surface area contributed by atoms with E-state index < -0.39 is 42.7 Å². The van der Waals surface area contributed by atoms with Crippen LogP contribution in [0.4, 0.5) is 0 Å². The highest BCUT2D eigenvalue weighted by Crippen LogP contribution is 2.72. The summed E-state index contributed by atoms with van der Waals surface area (Å²) >= 11 is 0. The van der Waals surface area contributed by atoms with Crippen LogP contribution in [-0.4, -0.2) is 75.6 Å². The zero-order valence-corrected chi connectivity index (χ0v) is 26.9. The number of rotatable bonds is 4. The molecule has 0 aromatic carbocycles. The zero-order valence-electron chi connectivity index (χ0n) is 26.9. The van der Waals surface area contributed by atoms with Gasteiger partial charge in [0.05, 0.1) is 19.3 Å². The largest absolute Gasteiger partial charge is 0.396 e. The molecule has 42 heavy (non-hydrogen) atoms. The van der Waals surface area contributed by atoms with Gasteiger partial charge in [0.25, 0.3) is 0 Å². The summed E-state index contributed by atoms with van der Waals surface area (Å²) in [6.07, 6.45) is 7.43. The number of allylic oxidation sites excluding steroid dienone is 2. The van der Waals surface area contributed by atoms with Crippen LogP contribution < -0.4 is 0 Å². The lowest BCUT2D eigenvalue weighted by Gasteiger charge is -2.68. The van der Waals surface area contributed by atoms with Crippen molar-refractivity contribution in [1.82, 2.24) is 0 Å². The van der Waals surface area contributed by atoms with Crippen molar-refractivity contribution in [3.63, 3.8) is 0 Å². The highest BCUT2D eigenvalue weighted by molar-refractivity contribution is 5.29. The highest BCUT2D eigenvalue weighted by Gasteiger charge is 2.66. The van der Waals surface area contributed by atoms with Gasteiger partial charge < -0.3 is 35.0 Å². The van der Waals surface area contributed by atoms with Crippen LogP contribution in [0, 0.1) is 50.7 Å². The Balaban J connectivity index is 1.27. The van der Waals surface area contributed by atoms with E-state index in [0.717, 1.165) is 32.1 Å². The summed E-state index contributed by atoms with van der Waals surface area (Å²) < 4.78 is 12.1. The smallest absolute Gasteiger partial charge is 0.186 e. The minimum Gasteiger partial charge on any atom is -0.396 e. The van der Waals surface area contributed by atoms with Gasteiger partial charge in [0.15, 0.2) is 6.29 Å². The van der Waals surface area contributed by atoms with E-state index in [-0.39, 0.29) is 29.5 Å². The molecule has 0 radical (unpaired) electrons. The molecule has 0 amide bonds. The summed E-state index contributed by atoms with van der Waals surface area (Å²) in [5, 5.41) is 52.0. The Kier molecular flexibility index (Phi) is 7.86. The first-order valence-corrected chi connectivity index (χ1v) is 16.9. The predicted molar refractivity (Wildman–Crippen MR) is 160 cm³/mol. The summed E-state index contributed by atoms with van der Waals surface area (Å²) in [6.45, 7) is 14.2. The molecule has 6 aliphatic rings. The third kappa shape index (κ3) is 4.53. The van der Waals surface area contributed by atoms with Gasteiger partial charge >= 0.3 is 0 Å². The Morgan fingerprint density at radius 2 is 1.50 bits per heavy atom. The molecule has 14 atom stereocenters. The van der Waals surface area contributed by atoms with E-state index in [1.54, 1.807) is 5.57 Å². The van der Waals surface area contributed by atoms with Gasteiger partial charge in [-0.25, -0.2) is 0 Å². The molecule has 4 saturated carbocycles. The van der Waals surface area contributed by atoms with E-state index in [2.05, 4.69) is 47.6 Å². The maximum Gasteiger partial charge on any atom is 0.186 e. The molecular weight excluding hydrogens is 532 g/mol. The molecule has 1 aliphatic heterocycles. The maximum atomic E-state index is 11.0. The van der Waals surface area contributed by atoms with Crippen LogP contribution in [0.1, 0.15) is 106 Å². The first-order valence-electron chi connectivity index (χ1n) is 16.9. The third-order valence-electron chi connectivity index (χ3n) is 14.5. The molecule has 0 aromatic rings. The van der Waals surface area contributed by atoms with E-state index in [1.165, 1.54) is 32.1 Å². The second-order valence-electron chi connectivity index (χ2n) is 17.3. The number of aliphatic hydroxyl groups is 5. The van der Waals surface area contributed by atoms with Crippen LogP contribution >= 0.6 is 0 Å². The Morgan fingerprint density at radius 3 is 2.19 bits per heavy atom. The van der Waals surface area contributed by atoms with E-state index in [1.807, 2.05) is 0 Å². The van der Waals surface area contributed by atoms with E-state index >= 15 is 0 Å². The van der Waals surface area contributed by atoms with Crippen LogP contribution in [0.15, 0.2) is 11.6 Å². The minimum atomic E-state index is -1.47. The quantitative estimate of drug-likeness (QED) is 0.240. The van der Waals surface area contributed by atoms with Crippen molar-refractivity contribution >= 4 is 0 Å². The van der Waals surface area contributed by atoms with E-state index in [0.29, 0.717) is 28.6 Å². The molecule has 1 heterocycles. The van der Waals surface area contributed by atoms with Crippen molar-refractivity contribution in [3.05, 3.63) is 11.6 Å². The van der Waals surface area contributed by atoms with Crippen LogP contribution in [-0.2, 0) is 9.47 Å². The Morgan fingerprint density at radius 1 is 0.786 bits per heavy atom. The summed E-state index contributed by atoms with van der Waals surface area (Å²) in [4.78, 5) is 0. The second-order valence-corrected chi connectivity index (χ2v) is 17.3. The second kappa shape index (κ2) is 10.5. The van der Waals surface area contributed by atoms with E-state index in [9.17, 15) is 25.5 Å². The Hall–Kier alpha value is -0.540. The van der Waals surface area contributed by atoms with Gasteiger partial charge in [-0.15, -0.1) is 0 Å². The van der Waals surface area contributed by atoms with Crippen LogP contribution in [0.5, 0.6) is 0 Å². The Bertz CT molecular complexity index is 1060. The van der Waals surface area contributed by atoms with E-state index in [4.69, 9.17) is 9.47 Å². The van der Waals surface area contributed by atoms with Crippen LogP contribution in [0.3, 0.4) is 0 Å². The lowest BCUT2D eigenvalue weighted by molar-refractivity contribution is -0.332. The van der Waals surface area contributed by atoms with Crippen LogP contribution in [0.2, 0.25) is 0 Å². The SMILES string of the molecule is CC1(C)CCC2(C)CCC3C(=CCC4C3(C)CCC3C(C)(CO)C(OC5OC(CO)C(O)C(O)C5O)CCC34C)C2C1. The fraction of sp³-hybridized carbons (Fsp3) is 0.943. The summed E-state index contributed by atoms with van der Waals surface area (Å²) in [5.74, 6) is 2.13. The van der Waals surface area contributed by atoms with Gasteiger partial charge in [-0.2, -0.15) is 0 Å². The molecule has 7 nitrogen and oxygen atoms in total. The molecule has 5 fully saturated rings. The maximum absolute atomic E-state index is 11.0. The number of hydrogen-bond acceptors (Lipinski definition) is 7. The third-order valence-corrected chi connectivity index (χ3v) is 14.5. The van der Waals surface area contributed by atoms with Crippen molar-refractivity contribution < 1.29 is 35.0 Å². The number of aliphatic hydroxyl groups excluding tert-OH is 5. The van der Waals surface area contributed by atoms with Gasteiger partial charge in [0.2, 0.25) is 0 Å². The summed E-state index contributed by atoms with van der Waals surface area (Å²) in [5.41, 5.74) is 2.39. The van der Waals surface area contributed by atoms with Gasteiger partial charge in [-0.1, -0.05) is 53.2 Å². The molecule has 0 bridgehead atoms. The zero-order chi connectivity index (χ0) is 30.5. The lowest BCUT2D eigenvalue weighted by atomic mass is 9.37. The molecule has 6 rings (SSSR count). The molecule has 7 heteroatoms. The first kappa shape index (κ1) is 31.4. The highest BCUT2D eigenvalue weighted by atomic mass is 16.7. The average Bonchev–Trinajstić information content (AvgIpc) is 2.94. The molecule has 1 saturated heterocycles. The van der Waals surface area contributed by atoms with Gasteiger partial charge in [-0.05, 0) is 110 Å². The molecule has 0 spiro atoms. The van der Waals surface area contributed by atoms with Gasteiger partial charge in [0, 0.05) is 5.41 Å². The molecule has 0 aromatic heterocycles. The van der Waals surface area contributed by atoms with Gasteiger partial charge in [0.1, 0.15) is 24.4 Å². The average molecular weight is 591 g/mol. The number of ether oxygens (including phenoxy) is 2. The summed E-state index contributed by atoms with van der Waals surface area (Å²) in [6, 6.07) is 0. The standard InChI is InChI=1S/C35H58O7/c1-31(2)15-16-32(3)12-9-21-20(22(32)17-31)7-8-24-33(21,4)13-10-25-34(24,5)14-11-26(35(25,6)19-37)42-30-29(40)28(39)27(38)23(18-36)41-30/h7,21-30,36-40H,8-19H2,1-6H3. The van der Waals surface area contributed by atoms with Crippen molar-refractivity contribution in [2.75, 3.05) is 13.2 Å². The number of hydrogen-bond donors (Lipinski definition) is 5.